The Kier molecular flexibility index (Phi) is 8.83. The topological polar surface area (TPSA) is 52.6 Å². The molecule has 0 aliphatic rings. The van der Waals surface area contributed by atoms with E-state index >= 15 is 0 Å². The van der Waals surface area contributed by atoms with Crippen LogP contribution in [0.2, 0.25) is 20.1 Å². The highest BCUT2D eigenvalue weighted by molar-refractivity contribution is 6.36. The van der Waals surface area contributed by atoms with E-state index in [-0.39, 0.29) is 26.1 Å². The van der Waals surface area contributed by atoms with E-state index in [1.54, 1.807) is 60.7 Å². The van der Waals surface area contributed by atoms with Gasteiger partial charge in [-0.3, -0.25) is 9.59 Å². The Morgan fingerprint density at radius 2 is 0.875 bits per heavy atom. The van der Waals surface area contributed by atoms with Crippen LogP contribution in [-0.2, 0) is 45.1 Å². The summed E-state index contributed by atoms with van der Waals surface area (Å²) in [6, 6.07) is 17.3. The first kappa shape index (κ1) is 24.4. The Morgan fingerprint density at radius 3 is 1.19 bits per heavy atom. The van der Waals surface area contributed by atoms with Crippen LogP contribution in [0.25, 0.3) is 0 Å². The Morgan fingerprint density at radius 1 is 0.562 bits per heavy atom. The first-order chi connectivity index (χ1) is 15.3. The standard InChI is InChI=1S/C24H18Cl4O4/c25-19-3-1-4-20(26)17(19)11-23(29)31-13-15-7-9-16(10-8-15)14-32-24(30)12-18-21(27)5-2-6-22(18)28/h1-10H,11-14H2. The van der Waals surface area contributed by atoms with Crippen molar-refractivity contribution < 1.29 is 19.1 Å². The lowest BCUT2D eigenvalue weighted by Crippen LogP contribution is -2.09. The summed E-state index contributed by atoms with van der Waals surface area (Å²) in [6.45, 7) is 0.206. The van der Waals surface area contributed by atoms with Crippen molar-refractivity contribution in [1.29, 1.82) is 0 Å². The lowest BCUT2D eigenvalue weighted by molar-refractivity contribution is -0.145. The minimum absolute atomic E-state index is 0.0119. The van der Waals surface area contributed by atoms with Crippen molar-refractivity contribution in [2.45, 2.75) is 26.1 Å². The quantitative estimate of drug-likeness (QED) is 0.309. The van der Waals surface area contributed by atoms with Crippen LogP contribution < -0.4 is 0 Å². The average Bonchev–Trinajstić information content (AvgIpc) is 2.77. The number of carbonyl (C=O) groups is 2. The van der Waals surface area contributed by atoms with Gasteiger partial charge < -0.3 is 9.47 Å². The molecule has 0 aromatic heterocycles. The van der Waals surface area contributed by atoms with Crippen LogP contribution in [0.5, 0.6) is 0 Å². The van der Waals surface area contributed by atoms with Crippen LogP contribution in [0, 0.1) is 0 Å². The van der Waals surface area contributed by atoms with Gasteiger partial charge in [0.25, 0.3) is 0 Å². The molecule has 0 heterocycles. The maximum absolute atomic E-state index is 12.1. The molecule has 0 atom stereocenters. The number of carbonyl (C=O) groups excluding carboxylic acids is 2. The Bertz CT molecular complexity index is 984. The molecule has 4 nitrogen and oxygen atoms in total. The first-order valence-corrected chi connectivity index (χ1v) is 11.1. The van der Waals surface area contributed by atoms with Gasteiger partial charge in [0.1, 0.15) is 13.2 Å². The lowest BCUT2D eigenvalue weighted by Gasteiger charge is -2.09. The molecule has 0 amide bonds. The van der Waals surface area contributed by atoms with Crippen molar-refractivity contribution in [3.05, 3.63) is 103 Å². The normalized spacial score (nSPS) is 10.6. The molecular formula is C24H18Cl4O4. The maximum atomic E-state index is 12.1. The zero-order valence-corrected chi connectivity index (χ0v) is 19.8. The van der Waals surface area contributed by atoms with Gasteiger partial charge in [-0.1, -0.05) is 82.8 Å². The first-order valence-electron chi connectivity index (χ1n) is 9.58. The molecule has 0 bridgehead atoms. The summed E-state index contributed by atoms with van der Waals surface area (Å²) >= 11 is 24.3. The number of benzene rings is 3. The van der Waals surface area contributed by atoms with Crippen LogP contribution in [0.3, 0.4) is 0 Å². The third kappa shape index (κ3) is 6.88. The third-order valence-electron chi connectivity index (χ3n) is 4.59. The van der Waals surface area contributed by atoms with Crippen molar-refractivity contribution in [1.82, 2.24) is 0 Å². The van der Waals surface area contributed by atoms with Crippen molar-refractivity contribution in [2.75, 3.05) is 0 Å². The number of halogens is 4. The highest BCUT2D eigenvalue weighted by Crippen LogP contribution is 2.26. The van der Waals surface area contributed by atoms with Gasteiger partial charge in [-0.15, -0.1) is 0 Å². The highest BCUT2D eigenvalue weighted by Gasteiger charge is 2.13. The number of ether oxygens (including phenoxy) is 2. The van der Waals surface area contributed by atoms with Crippen LogP contribution in [0.1, 0.15) is 22.3 Å². The third-order valence-corrected chi connectivity index (χ3v) is 6.00. The fourth-order valence-electron chi connectivity index (χ4n) is 2.85. The van der Waals surface area contributed by atoms with Crippen molar-refractivity contribution in [3.8, 4) is 0 Å². The zero-order chi connectivity index (χ0) is 23.1. The van der Waals surface area contributed by atoms with E-state index in [1.165, 1.54) is 0 Å². The van der Waals surface area contributed by atoms with Crippen molar-refractivity contribution in [2.24, 2.45) is 0 Å². The Labute approximate surface area is 205 Å². The lowest BCUT2D eigenvalue weighted by atomic mass is 10.1. The van der Waals surface area contributed by atoms with Gasteiger partial charge in [-0.2, -0.15) is 0 Å². The fraction of sp³-hybridized carbons (Fsp3) is 0.167. The smallest absolute Gasteiger partial charge is 0.310 e. The monoisotopic (exact) mass is 510 g/mol. The zero-order valence-electron chi connectivity index (χ0n) is 16.7. The summed E-state index contributed by atoms with van der Waals surface area (Å²) in [5, 5.41) is 1.69. The highest BCUT2D eigenvalue weighted by atomic mass is 35.5. The minimum Gasteiger partial charge on any atom is -0.461 e. The number of hydrogen-bond acceptors (Lipinski definition) is 4. The second kappa shape index (κ2) is 11.6. The molecule has 3 aromatic carbocycles. The molecule has 166 valence electrons. The summed E-state index contributed by atoms with van der Waals surface area (Å²) in [5.74, 6) is -0.868. The van der Waals surface area contributed by atoms with Crippen LogP contribution in [-0.4, -0.2) is 11.9 Å². The van der Waals surface area contributed by atoms with E-state index in [9.17, 15) is 9.59 Å². The van der Waals surface area contributed by atoms with E-state index in [1.807, 2.05) is 0 Å². The van der Waals surface area contributed by atoms with Crippen molar-refractivity contribution in [3.63, 3.8) is 0 Å². The molecule has 0 saturated carbocycles. The molecule has 0 radical (unpaired) electrons. The number of hydrogen-bond donors (Lipinski definition) is 0. The molecule has 3 rings (SSSR count). The van der Waals surface area contributed by atoms with E-state index in [2.05, 4.69) is 0 Å². The summed E-state index contributed by atoms with van der Waals surface area (Å²) < 4.78 is 10.6. The van der Waals surface area contributed by atoms with Crippen LogP contribution in [0.4, 0.5) is 0 Å². The molecule has 0 spiro atoms. The molecule has 0 N–H and O–H groups in total. The molecule has 8 heteroatoms. The van der Waals surface area contributed by atoms with E-state index in [4.69, 9.17) is 55.9 Å². The fourth-order valence-corrected chi connectivity index (χ4v) is 3.91. The predicted molar refractivity (Wildman–Crippen MR) is 126 cm³/mol. The van der Waals surface area contributed by atoms with E-state index < -0.39 is 11.9 Å². The van der Waals surface area contributed by atoms with Crippen molar-refractivity contribution >= 4 is 58.3 Å². The molecule has 0 fully saturated rings. The molecule has 0 unspecified atom stereocenters. The summed E-state index contributed by atoms with van der Waals surface area (Å²) in [7, 11) is 0. The molecule has 32 heavy (non-hydrogen) atoms. The van der Waals surface area contributed by atoms with Gasteiger partial charge in [0.15, 0.2) is 0 Å². The summed E-state index contributed by atoms with van der Waals surface area (Å²) in [5.41, 5.74) is 2.66. The predicted octanol–water partition coefficient (Wildman–Crippen LogP) is 6.87. The molecule has 0 aliphatic heterocycles. The van der Waals surface area contributed by atoms with Gasteiger partial charge in [0.2, 0.25) is 0 Å². The summed E-state index contributed by atoms with van der Waals surface area (Å²) in [6.07, 6.45) is -0.0238. The summed E-state index contributed by atoms with van der Waals surface area (Å²) in [4.78, 5) is 24.2. The Balaban J connectivity index is 1.46. The largest absolute Gasteiger partial charge is 0.461 e. The molecule has 0 aliphatic carbocycles. The Hall–Kier alpha value is -2.24. The molecule has 0 saturated heterocycles. The molecule has 3 aromatic rings. The molecular weight excluding hydrogens is 494 g/mol. The van der Waals surface area contributed by atoms with Crippen LogP contribution >= 0.6 is 46.4 Å². The number of rotatable bonds is 8. The second-order valence-corrected chi connectivity index (χ2v) is 8.52. The maximum Gasteiger partial charge on any atom is 0.310 e. The van der Waals surface area contributed by atoms with E-state index in [0.717, 1.165) is 11.1 Å². The van der Waals surface area contributed by atoms with Gasteiger partial charge in [0, 0.05) is 31.2 Å². The van der Waals surface area contributed by atoms with Gasteiger partial charge >= 0.3 is 11.9 Å². The minimum atomic E-state index is -0.434. The average molecular weight is 512 g/mol. The van der Waals surface area contributed by atoms with E-state index in [0.29, 0.717) is 31.2 Å². The van der Waals surface area contributed by atoms with Gasteiger partial charge in [-0.05, 0) is 35.4 Å². The second-order valence-electron chi connectivity index (χ2n) is 6.89. The van der Waals surface area contributed by atoms with Crippen LogP contribution in [0.15, 0.2) is 60.7 Å². The van der Waals surface area contributed by atoms with Gasteiger partial charge in [0.05, 0.1) is 12.8 Å². The SMILES string of the molecule is O=C(Cc1c(Cl)cccc1Cl)OCc1ccc(COC(=O)Cc2c(Cl)cccc2Cl)cc1. The van der Waals surface area contributed by atoms with Gasteiger partial charge in [-0.25, -0.2) is 0 Å². The number of esters is 2.